The summed E-state index contributed by atoms with van der Waals surface area (Å²) in [7, 11) is 0. The summed E-state index contributed by atoms with van der Waals surface area (Å²) in [6.45, 7) is 4.91. The number of hydrogen-bond acceptors (Lipinski definition) is 2. The van der Waals surface area contributed by atoms with Crippen molar-refractivity contribution >= 4 is 0 Å². The third kappa shape index (κ3) is 3.21. The fourth-order valence-corrected chi connectivity index (χ4v) is 3.53. The summed E-state index contributed by atoms with van der Waals surface area (Å²) in [5, 5.41) is 0. The van der Waals surface area contributed by atoms with Crippen LogP contribution in [0.5, 0.6) is 0 Å². The molecule has 2 fully saturated rings. The van der Waals surface area contributed by atoms with Crippen molar-refractivity contribution in [2.75, 3.05) is 13.1 Å². The Morgan fingerprint density at radius 1 is 1.00 bits per heavy atom. The molecule has 2 saturated carbocycles. The van der Waals surface area contributed by atoms with Crippen LogP contribution in [-0.4, -0.2) is 30.1 Å². The molecule has 0 aromatic carbocycles. The van der Waals surface area contributed by atoms with Crippen LogP contribution in [-0.2, 0) is 0 Å². The smallest absolute Gasteiger partial charge is 0.00964 e. The Morgan fingerprint density at radius 3 is 2.19 bits per heavy atom. The average molecular weight is 224 g/mol. The van der Waals surface area contributed by atoms with Crippen molar-refractivity contribution in [2.24, 2.45) is 11.7 Å². The molecule has 2 heteroatoms. The van der Waals surface area contributed by atoms with Gasteiger partial charge in [0.15, 0.2) is 0 Å². The quantitative estimate of drug-likeness (QED) is 0.795. The number of nitrogens with two attached hydrogens (primary N) is 1. The minimum Gasteiger partial charge on any atom is -0.328 e. The molecule has 0 heterocycles. The largest absolute Gasteiger partial charge is 0.328 e. The Kier molecular flexibility index (Phi) is 4.66. The summed E-state index contributed by atoms with van der Waals surface area (Å²) in [4.78, 5) is 2.74. The molecule has 16 heavy (non-hydrogen) atoms. The Morgan fingerprint density at radius 2 is 1.62 bits per heavy atom. The predicted octanol–water partition coefficient (Wildman–Crippen LogP) is 2.77. The van der Waals surface area contributed by atoms with E-state index in [1.165, 1.54) is 64.5 Å². The maximum absolute atomic E-state index is 5.98. The zero-order valence-electron chi connectivity index (χ0n) is 10.8. The van der Waals surface area contributed by atoms with E-state index in [9.17, 15) is 0 Å². The number of rotatable bonds is 4. The van der Waals surface area contributed by atoms with Crippen molar-refractivity contribution in [2.45, 2.75) is 70.4 Å². The molecule has 0 unspecified atom stereocenters. The van der Waals surface area contributed by atoms with Crippen molar-refractivity contribution in [1.82, 2.24) is 4.90 Å². The van der Waals surface area contributed by atoms with E-state index >= 15 is 0 Å². The van der Waals surface area contributed by atoms with Crippen molar-refractivity contribution in [3.8, 4) is 0 Å². The first-order chi connectivity index (χ1) is 7.79. The molecule has 0 aliphatic heterocycles. The Hall–Kier alpha value is -0.0800. The van der Waals surface area contributed by atoms with Crippen molar-refractivity contribution in [3.05, 3.63) is 0 Å². The van der Waals surface area contributed by atoms with Gasteiger partial charge in [0.25, 0.3) is 0 Å². The molecule has 0 amide bonds. The normalized spacial score (nSPS) is 32.4. The van der Waals surface area contributed by atoms with Gasteiger partial charge in [-0.15, -0.1) is 0 Å². The van der Waals surface area contributed by atoms with Gasteiger partial charge in [-0.3, -0.25) is 0 Å². The van der Waals surface area contributed by atoms with Gasteiger partial charge >= 0.3 is 0 Å². The van der Waals surface area contributed by atoms with Crippen molar-refractivity contribution in [1.29, 1.82) is 0 Å². The lowest BCUT2D eigenvalue weighted by Gasteiger charge is -2.36. The van der Waals surface area contributed by atoms with Crippen LogP contribution < -0.4 is 5.73 Å². The minimum atomic E-state index is 0.487. The summed E-state index contributed by atoms with van der Waals surface area (Å²) in [5.74, 6) is 0.996. The number of hydrogen-bond donors (Lipinski definition) is 1. The van der Waals surface area contributed by atoms with E-state index in [4.69, 9.17) is 5.73 Å². The maximum atomic E-state index is 5.98. The third-order valence-corrected chi connectivity index (χ3v) is 4.63. The summed E-state index contributed by atoms with van der Waals surface area (Å²) in [6.07, 6.45) is 11.0. The molecule has 0 aromatic heterocycles. The second kappa shape index (κ2) is 6.02. The van der Waals surface area contributed by atoms with E-state index in [0.717, 1.165) is 12.0 Å². The number of nitrogens with zero attached hydrogens (tertiary/aromatic N) is 1. The van der Waals surface area contributed by atoms with E-state index in [0.29, 0.717) is 6.04 Å². The van der Waals surface area contributed by atoms with Crippen LogP contribution in [0, 0.1) is 5.92 Å². The van der Waals surface area contributed by atoms with Gasteiger partial charge in [-0.05, 0) is 51.0 Å². The molecule has 94 valence electrons. The third-order valence-electron chi connectivity index (χ3n) is 4.63. The van der Waals surface area contributed by atoms with Crippen LogP contribution in [0.1, 0.15) is 58.3 Å². The minimum absolute atomic E-state index is 0.487. The Bertz CT molecular complexity index is 191. The highest BCUT2D eigenvalue weighted by Crippen LogP contribution is 2.28. The molecule has 0 bridgehead atoms. The monoisotopic (exact) mass is 224 g/mol. The van der Waals surface area contributed by atoms with Crippen LogP contribution in [0.15, 0.2) is 0 Å². The molecular weight excluding hydrogens is 196 g/mol. The van der Waals surface area contributed by atoms with Crippen LogP contribution >= 0.6 is 0 Å². The molecule has 0 atom stereocenters. The zero-order chi connectivity index (χ0) is 11.4. The SMILES string of the molecule is CCN(CC1CCCC1)C1CCC(N)CC1. The first-order valence-corrected chi connectivity index (χ1v) is 7.29. The van der Waals surface area contributed by atoms with Crippen molar-refractivity contribution < 1.29 is 0 Å². The topological polar surface area (TPSA) is 29.3 Å². The van der Waals surface area contributed by atoms with Crippen molar-refractivity contribution in [3.63, 3.8) is 0 Å². The lowest BCUT2D eigenvalue weighted by Crippen LogP contribution is -2.42. The molecule has 2 aliphatic rings. The van der Waals surface area contributed by atoms with E-state index in [2.05, 4.69) is 11.8 Å². The molecule has 0 saturated heterocycles. The fourth-order valence-electron chi connectivity index (χ4n) is 3.53. The summed E-state index contributed by atoms with van der Waals surface area (Å²) >= 11 is 0. The van der Waals surface area contributed by atoms with Gasteiger partial charge in [-0.25, -0.2) is 0 Å². The predicted molar refractivity (Wildman–Crippen MR) is 69.4 cm³/mol. The van der Waals surface area contributed by atoms with Gasteiger partial charge in [0, 0.05) is 18.6 Å². The fraction of sp³-hybridized carbons (Fsp3) is 1.00. The highest BCUT2D eigenvalue weighted by molar-refractivity contribution is 4.82. The Balaban J connectivity index is 1.79. The van der Waals surface area contributed by atoms with Crippen LogP contribution in [0.25, 0.3) is 0 Å². The Labute approximate surface area is 101 Å². The zero-order valence-corrected chi connectivity index (χ0v) is 10.8. The van der Waals surface area contributed by atoms with Crippen LogP contribution in [0.2, 0.25) is 0 Å². The molecule has 0 radical (unpaired) electrons. The van der Waals surface area contributed by atoms with Gasteiger partial charge in [-0.2, -0.15) is 0 Å². The average Bonchev–Trinajstić information content (AvgIpc) is 2.80. The van der Waals surface area contributed by atoms with Gasteiger partial charge in [0.1, 0.15) is 0 Å². The van der Waals surface area contributed by atoms with Crippen LogP contribution in [0.3, 0.4) is 0 Å². The summed E-state index contributed by atoms with van der Waals surface area (Å²) in [6, 6.07) is 1.33. The molecule has 0 aromatic rings. The van der Waals surface area contributed by atoms with E-state index < -0.39 is 0 Å². The molecule has 2 aliphatic carbocycles. The second-order valence-electron chi connectivity index (χ2n) is 5.81. The van der Waals surface area contributed by atoms with E-state index in [-0.39, 0.29) is 0 Å². The molecule has 0 spiro atoms. The van der Waals surface area contributed by atoms with Crippen LogP contribution in [0.4, 0.5) is 0 Å². The van der Waals surface area contributed by atoms with Gasteiger partial charge in [0.05, 0.1) is 0 Å². The molecule has 2 N–H and O–H groups in total. The van der Waals surface area contributed by atoms with Gasteiger partial charge < -0.3 is 10.6 Å². The highest BCUT2D eigenvalue weighted by Gasteiger charge is 2.26. The maximum Gasteiger partial charge on any atom is 0.00964 e. The first kappa shape index (κ1) is 12.4. The lowest BCUT2D eigenvalue weighted by atomic mass is 9.90. The van der Waals surface area contributed by atoms with E-state index in [1.807, 2.05) is 0 Å². The summed E-state index contributed by atoms with van der Waals surface area (Å²) in [5.41, 5.74) is 5.98. The molecule has 2 nitrogen and oxygen atoms in total. The second-order valence-corrected chi connectivity index (χ2v) is 5.81. The summed E-state index contributed by atoms with van der Waals surface area (Å²) < 4.78 is 0. The first-order valence-electron chi connectivity index (χ1n) is 7.29. The highest BCUT2D eigenvalue weighted by atomic mass is 15.2. The van der Waals surface area contributed by atoms with E-state index in [1.54, 1.807) is 0 Å². The standard InChI is InChI=1S/C14H28N2/c1-2-16(11-12-5-3-4-6-12)14-9-7-13(15)8-10-14/h12-14H,2-11,15H2,1H3. The van der Waals surface area contributed by atoms with Gasteiger partial charge in [-0.1, -0.05) is 19.8 Å². The molecular formula is C14H28N2. The van der Waals surface area contributed by atoms with Gasteiger partial charge in [0.2, 0.25) is 0 Å². The lowest BCUT2D eigenvalue weighted by molar-refractivity contribution is 0.135. The molecule has 2 rings (SSSR count).